The van der Waals surface area contributed by atoms with Gasteiger partial charge in [0.1, 0.15) is 34.5 Å². The number of pyridine rings is 3. The van der Waals surface area contributed by atoms with Crippen LogP contribution < -0.4 is 23.3 Å². The lowest BCUT2D eigenvalue weighted by Crippen LogP contribution is -2.43. The number of rotatable bonds is 8. The standard InChI is InChI=1S/C53H43N3O3/c1-7-39-30-48(42-27-36(10-13-50(42)57-39)45-24-33(4)16-21-54-45)55-22-17-34(5)25-46(55)37-11-14-51-43(28-37)49(31-40(8-2)58-51)56-23-18-35(6)26-47(56)38-12-15-52-44(29-38)53(19-20-53)32-41(9-3)59-52/h7-32,48-49H,1-3H2,4-6H3/q+2. The van der Waals surface area contributed by atoms with E-state index in [0.717, 1.165) is 90.2 Å². The largest absolute Gasteiger partial charge is 0.457 e. The number of hydrogen-bond donors (Lipinski definition) is 0. The molecule has 6 aromatic rings. The van der Waals surface area contributed by atoms with Gasteiger partial charge in [-0.05, 0) is 128 Å². The Morgan fingerprint density at radius 2 is 1.07 bits per heavy atom. The van der Waals surface area contributed by atoms with Gasteiger partial charge < -0.3 is 14.2 Å². The van der Waals surface area contributed by atoms with Crippen molar-refractivity contribution in [3.63, 3.8) is 0 Å². The highest BCUT2D eigenvalue weighted by Crippen LogP contribution is 2.50. The van der Waals surface area contributed by atoms with Gasteiger partial charge in [-0.25, -0.2) is 0 Å². The average Bonchev–Trinajstić information content (AvgIpc) is 4.04. The molecule has 0 fully saturated rings. The van der Waals surface area contributed by atoms with E-state index in [9.17, 15) is 0 Å². The van der Waals surface area contributed by atoms with Crippen LogP contribution in [0.3, 0.4) is 0 Å². The summed E-state index contributed by atoms with van der Waals surface area (Å²) in [6, 6.07) is 31.9. The van der Waals surface area contributed by atoms with Crippen LogP contribution in [0.15, 0.2) is 195 Å². The second-order valence-electron chi connectivity index (χ2n) is 15.7. The lowest BCUT2D eigenvalue weighted by molar-refractivity contribution is -0.693. The van der Waals surface area contributed by atoms with Crippen molar-refractivity contribution in [1.29, 1.82) is 0 Å². The number of allylic oxidation sites excluding steroid dienone is 8. The first-order chi connectivity index (χ1) is 28.7. The molecule has 0 N–H and O–H groups in total. The molecule has 10 rings (SSSR count). The number of aromatic nitrogens is 3. The molecule has 6 heterocycles. The molecule has 0 amide bonds. The van der Waals surface area contributed by atoms with Gasteiger partial charge in [-0.3, -0.25) is 4.98 Å². The molecule has 0 saturated carbocycles. The van der Waals surface area contributed by atoms with E-state index in [2.05, 4.69) is 171 Å². The van der Waals surface area contributed by atoms with E-state index in [4.69, 9.17) is 19.2 Å². The zero-order valence-electron chi connectivity index (χ0n) is 33.4. The number of aryl methyl sites for hydroxylation is 3. The molecule has 0 radical (unpaired) electrons. The minimum absolute atomic E-state index is 0.185. The Hall–Kier alpha value is -7.31. The van der Waals surface area contributed by atoms with Gasteiger partial charge in [-0.2, -0.15) is 9.13 Å². The second-order valence-corrected chi connectivity index (χ2v) is 15.7. The van der Waals surface area contributed by atoms with Crippen LogP contribution >= 0.6 is 0 Å². The summed E-state index contributed by atoms with van der Waals surface area (Å²) in [6.45, 7) is 18.5. The fraction of sp³-hybridized carbons (Fsp3) is 0.113. The fourth-order valence-electron chi connectivity index (χ4n) is 8.49. The molecule has 59 heavy (non-hydrogen) atoms. The van der Waals surface area contributed by atoms with Crippen molar-refractivity contribution >= 4 is 0 Å². The zero-order valence-corrected chi connectivity index (χ0v) is 33.4. The molecule has 2 atom stereocenters. The van der Waals surface area contributed by atoms with Gasteiger partial charge >= 0.3 is 0 Å². The van der Waals surface area contributed by atoms with Crippen LogP contribution in [0.1, 0.15) is 45.5 Å². The molecule has 6 heteroatoms. The summed E-state index contributed by atoms with van der Waals surface area (Å²) in [5, 5.41) is 0. The summed E-state index contributed by atoms with van der Waals surface area (Å²) in [7, 11) is 0. The molecule has 4 aliphatic rings. The quantitative estimate of drug-likeness (QED) is 0.114. The van der Waals surface area contributed by atoms with E-state index in [1.165, 1.54) is 0 Å². The first kappa shape index (κ1) is 36.1. The van der Waals surface area contributed by atoms with Crippen molar-refractivity contribution in [2.75, 3.05) is 0 Å². The smallest absolute Gasteiger partial charge is 0.213 e. The zero-order chi connectivity index (χ0) is 40.4. The Labute approximate surface area is 345 Å². The van der Waals surface area contributed by atoms with Gasteiger partial charge in [0, 0.05) is 64.9 Å². The van der Waals surface area contributed by atoms with E-state index in [1.807, 2.05) is 18.3 Å². The maximum atomic E-state index is 6.47. The van der Waals surface area contributed by atoms with Crippen molar-refractivity contribution < 1.29 is 23.3 Å². The molecule has 1 spiro atoms. The van der Waals surface area contributed by atoms with Gasteiger partial charge in [0.2, 0.25) is 23.5 Å². The second kappa shape index (κ2) is 14.0. The van der Waals surface area contributed by atoms with Crippen LogP contribution in [0, 0.1) is 20.8 Å². The summed E-state index contributed by atoms with van der Waals surface area (Å²) in [5.41, 5.74) is 12.7. The highest BCUT2D eigenvalue weighted by molar-refractivity contribution is 5.69. The Kier molecular flexibility index (Phi) is 8.53. The van der Waals surface area contributed by atoms with Crippen LogP contribution in [-0.2, 0) is 5.41 Å². The number of ether oxygens (including phenoxy) is 3. The Morgan fingerprint density at radius 1 is 0.559 bits per heavy atom. The number of benzene rings is 3. The molecule has 286 valence electrons. The third-order valence-corrected chi connectivity index (χ3v) is 11.6. The molecule has 3 aliphatic heterocycles. The van der Waals surface area contributed by atoms with Crippen LogP contribution in [0.5, 0.6) is 17.2 Å². The number of hydrogen-bond acceptors (Lipinski definition) is 4. The van der Waals surface area contributed by atoms with Crippen molar-refractivity contribution in [3.8, 4) is 51.0 Å². The molecule has 6 nitrogen and oxygen atoms in total. The molecule has 0 saturated heterocycles. The molecular weight excluding hydrogens is 727 g/mol. The lowest BCUT2D eigenvalue weighted by Gasteiger charge is -2.25. The van der Waals surface area contributed by atoms with Gasteiger partial charge in [0.25, 0.3) is 0 Å². The van der Waals surface area contributed by atoms with E-state index < -0.39 is 0 Å². The third-order valence-electron chi connectivity index (χ3n) is 11.6. The van der Waals surface area contributed by atoms with Crippen molar-refractivity contribution in [2.24, 2.45) is 0 Å². The summed E-state index contributed by atoms with van der Waals surface area (Å²) >= 11 is 0. The van der Waals surface area contributed by atoms with Gasteiger partial charge in [0.05, 0.1) is 22.2 Å². The van der Waals surface area contributed by atoms with E-state index in [1.54, 1.807) is 18.2 Å². The van der Waals surface area contributed by atoms with E-state index in [-0.39, 0.29) is 17.5 Å². The van der Waals surface area contributed by atoms with Gasteiger partial charge in [-0.1, -0.05) is 31.9 Å². The van der Waals surface area contributed by atoms with Crippen LogP contribution in [0.2, 0.25) is 0 Å². The normalized spacial score (nSPS) is 17.7. The molecule has 3 aromatic carbocycles. The summed E-state index contributed by atoms with van der Waals surface area (Å²) in [4.78, 5) is 4.70. The third kappa shape index (κ3) is 6.34. The van der Waals surface area contributed by atoms with Crippen LogP contribution in [-0.4, -0.2) is 4.98 Å². The molecular formula is C53H43N3O3+2. The van der Waals surface area contributed by atoms with E-state index in [0.29, 0.717) is 11.5 Å². The van der Waals surface area contributed by atoms with Crippen LogP contribution in [0.25, 0.3) is 33.8 Å². The molecule has 2 unspecified atom stereocenters. The number of fused-ring (bicyclic) bond motifs is 4. The molecule has 1 aliphatic carbocycles. The maximum Gasteiger partial charge on any atom is 0.213 e. The van der Waals surface area contributed by atoms with Crippen molar-refractivity contribution in [2.45, 2.75) is 38.3 Å². The Morgan fingerprint density at radius 3 is 1.63 bits per heavy atom. The minimum atomic E-state index is -0.243. The van der Waals surface area contributed by atoms with Crippen LogP contribution in [0.4, 0.5) is 0 Å². The predicted octanol–water partition coefficient (Wildman–Crippen LogP) is 11.0. The fourth-order valence-corrected chi connectivity index (χ4v) is 8.49. The maximum absolute atomic E-state index is 6.47. The van der Waals surface area contributed by atoms with Crippen molar-refractivity contribution in [1.82, 2.24) is 4.98 Å². The average molecular weight is 770 g/mol. The van der Waals surface area contributed by atoms with Gasteiger partial charge in [-0.15, -0.1) is 0 Å². The molecule has 0 bridgehead atoms. The van der Waals surface area contributed by atoms with Gasteiger partial charge in [0.15, 0.2) is 12.4 Å². The number of nitrogens with zero attached hydrogens (tertiary/aromatic N) is 3. The minimum Gasteiger partial charge on any atom is -0.457 e. The van der Waals surface area contributed by atoms with E-state index >= 15 is 0 Å². The monoisotopic (exact) mass is 769 g/mol. The SMILES string of the molecule is C=CC1=CC([n+]2ccc(C)cc2-c2ccc3c(c2)C([n+]2ccc(C)cc2-c2ccc4c(c2)C2(C=C2)C=C(C=C)O4)C=C(C=C)O3)c2cc(-c3cc(C)ccn3)ccc2O1. The first-order valence-corrected chi connectivity index (χ1v) is 19.9. The predicted molar refractivity (Wildman–Crippen MR) is 232 cm³/mol. The lowest BCUT2D eigenvalue weighted by atomic mass is 9.88. The Bertz CT molecular complexity index is 2920. The highest BCUT2D eigenvalue weighted by Gasteiger charge is 2.41. The highest BCUT2D eigenvalue weighted by atomic mass is 16.5. The topological polar surface area (TPSA) is 48.3 Å². The summed E-state index contributed by atoms with van der Waals surface area (Å²) in [6.07, 6.45) is 22.4. The summed E-state index contributed by atoms with van der Waals surface area (Å²) < 4.78 is 23.7. The summed E-state index contributed by atoms with van der Waals surface area (Å²) in [5.74, 6) is 4.62. The van der Waals surface area contributed by atoms with Crippen molar-refractivity contribution in [3.05, 3.63) is 229 Å². The Balaban J connectivity index is 1.10. The first-order valence-electron chi connectivity index (χ1n) is 19.9. The molecule has 3 aromatic heterocycles.